The molecule has 12 aromatic rings. The highest BCUT2D eigenvalue weighted by Gasteiger charge is 2.48. The van der Waals surface area contributed by atoms with Gasteiger partial charge >= 0.3 is 0 Å². The van der Waals surface area contributed by atoms with Gasteiger partial charge in [0, 0.05) is 43.3 Å². The van der Waals surface area contributed by atoms with Crippen LogP contribution in [0.3, 0.4) is 0 Å². The lowest BCUT2D eigenvalue weighted by Gasteiger charge is -2.46. The van der Waals surface area contributed by atoms with Gasteiger partial charge in [-0.15, -0.1) is 0 Å². The van der Waals surface area contributed by atoms with Crippen LogP contribution in [0, 0.1) is 0 Å². The van der Waals surface area contributed by atoms with E-state index in [0.717, 1.165) is 22.7 Å². The molecule has 2 heterocycles. The Kier molecular flexibility index (Phi) is 7.57. The van der Waals surface area contributed by atoms with Crippen LogP contribution in [0.15, 0.2) is 240 Å². The van der Waals surface area contributed by atoms with Gasteiger partial charge in [-0.05, 0) is 138 Å². The lowest BCUT2D eigenvalue weighted by atomic mass is 9.59. The highest BCUT2D eigenvalue weighted by atomic mass is 32.2. The van der Waals surface area contributed by atoms with Gasteiger partial charge in [-0.25, -0.2) is 0 Å². The highest BCUT2D eigenvalue weighted by Crippen LogP contribution is 2.62. The predicted molar refractivity (Wildman–Crippen MR) is 269 cm³/mol. The van der Waals surface area contributed by atoms with Crippen molar-refractivity contribution in [3.05, 3.63) is 253 Å². The lowest BCUT2D eigenvalue weighted by molar-refractivity contribution is 0.707. The average Bonchev–Trinajstić information content (AvgIpc) is 3.69. The molecule has 0 radical (unpaired) electrons. The Morgan fingerprint density at radius 1 is 0.344 bits per heavy atom. The van der Waals surface area contributed by atoms with Crippen molar-refractivity contribution < 1.29 is 0 Å². The van der Waals surface area contributed by atoms with Crippen LogP contribution in [0.4, 0.5) is 17.1 Å². The van der Waals surface area contributed by atoms with Crippen LogP contribution in [0.1, 0.15) is 22.3 Å². The third kappa shape index (κ3) is 4.99. The minimum atomic E-state index is -0.552. The van der Waals surface area contributed by atoms with Crippen LogP contribution in [-0.4, -0.2) is 4.57 Å². The molecule has 0 unspecified atom stereocenters. The number of rotatable bonds is 4. The molecule has 1 aliphatic heterocycles. The second kappa shape index (κ2) is 13.6. The number of para-hydroxylation sites is 1. The largest absolute Gasteiger partial charge is 0.310 e. The maximum atomic E-state index is 2.52. The number of hydrogen-bond acceptors (Lipinski definition) is 2. The summed E-state index contributed by atoms with van der Waals surface area (Å²) in [5, 5.41) is 9.96. The molecule has 0 amide bonds. The summed E-state index contributed by atoms with van der Waals surface area (Å²) in [6.07, 6.45) is 0. The lowest BCUT2D eigenvalue weighted by Crippen LogP contribution is -2.36. The number of aromatic nitrogens is 1. The Morgan fingerprint density at radius 3 is 1.70 bits per heavy atom. The molecule has 0 saturated heterocycles. The third-order valence-electron chi connectivity index (χ3n) is 14.0. The second-order valence-electron chi connectivity index (χ2n) is 17.2. The standard InChI is InChI=1S/C61H38N2S/c1-3-15-42-35-44(29-27-39(42)13-1)62(46-32-34-57-51(37-46)49-19-5-8-24-56(49)63(57)45-30-28-40-14-2-4-16-43(40)36-45)47-31-33-48-50-20-11-17-41-18-12-23-54(60(41)50)61(55(48)38-47)52-21-6-9-25-58(52)64-59-26-10-7-22-53(59)61/h1-38H. The summed E-state index contributed by atoms with van der Waals surface area (Å²) >= 11 is 1.89. The van der Waals surface area contributed by atoms with Crippen LogP contribution in [0.5, 0.6) is 0 Å². The fourth-order valence-corrected chi connectivity index (χ4v) is 12.5. The average molecular weight is 831 g/mol. The predicted octanol–water partition coefficient (Wildman–Crippen LogP) is 16.5. The zero-order valence-corrected chi connectivity index (χ0v) is 35.6. The van der Waals surface area contributed by atoms with E-state index in [-0.39, 0.29) is 0 Å². The van der Waals surface area contributed by atoms with Crippen LogP contribution in [-0.2, 0) is 5.41 Å². The summed E-state index contributed by atoms with van der Waals surface area (Å²) in [5.74, 6) is 0. The van der Waals surface area contributed by atoms with Crippen molar-refractivity contribution in [2.75, 3.05) is 4.90 Å². The zero-order valence-electron chi connectivity index (χ0n) is 34.7. The second-order valence-corrected chi connectivity index (χ2v) is 18.3. The van der Waals surface area contributed by atoms with E-state index in [0.29, 0.717) is 0 Å². The molecule has 3 heteroatoms. The van der Waals surface area contributed by atoms with E-state index in [1.54, 1.807) is 0 Å². The van der Waals surface area contributed by atoms with Gasteiger partial charge in [-0.1, -0.05) is 169 Å². The van der Waals surface area contributed by atoms with Gasteiger partial charge in [0.2, 0.25) is 0 Å². The topological polar surface area (TPSA) is 8.17 Å². The van der Waals surface area contributed by atoms with Crippen LogP contribution in [0.25, 0.3) is 70.9 Å². The van der Waals surface area contributed by atoms with E-state index in [1.165, 1.54) is 97.3 Å². The van der Waals surface area contributed by atoms with E-state index >= 15 is 0 Å². The Balaban J connectivity index is 1.06. The number of fused-ring (bicyclic) bond motifs is 13. The molecule has 11 aromatic carbocycles. The highest BCUT2D eigenvalue weighted by molar-refractivity contribution is 7.99. The van der Waals surface area contributed by atoms with Crippen molar-refractivity contribution in [2.24, 2.45) is 0 Å². The summed E-state index contributed by atoms with van der Waals surface area (Å²) in [7, 11) is 0. The van der Waals surface area contributed by atoms with Crippen molar-refractivity contribution in [2.45, 2.75) is 15.2 Å². The first-order chi connectivity index (χ1) is 31.7. The molecule has 64 heavy (non-hydrogen) atoms. The van der Waals surface area contributed by atoms with Crippen LogP contribution < -0.4 is 4.90 Å². The van der Waals surface area contributed by atoms with Gasteiger partial charge in [-0.3, -0.25) is 0 Å². The van der Waals surface area contributed by atoms with Crippen molar-refractivity contribution in [1.29, 1.82) is 0 Å². The van der Waals surface area contributed by atoms with Crippen molar-refractivity contribution in [1.82, 2.24) is 4.57 Å². The fourth-order valence-electron chi connectivity index (χ4n) is 11.3. The van der Waals surface area contributed by atoms with Gasteiger partial charge in [0.1, 0.15) is 0 Å². The summed E-state index contributed by atoms with van der Waals surface area (Å²) in [5.41, 5.74) is 14.2. The van der Waals surface area contributed by atoms with Gasteiger partial charge < -0.3 is 9.47 Å². The molecule has 298 valence electrons. The molecule has 0 atom stereocenters. The first-order valence-corrected chi connectivity index (χ1v) is 22.9. The Bertz CT molecular complexity index is 3860. The van der Waals surface area contributed by atoms with Gasteiger partial charge in [-0.2, -0.15) is 0 Å². The summed E-state index contributed by atoms with van der Waals surface area (Å²) < 4.78 is 2.43. The summed E-state index contributed by atoms with van der Waals surface area (Å²) in [4.78, 5) is 5.08. The van der Waals surface area contributed by atoms with Gasteiger partial charge in [0.25, 0.3) is 0 Å². The SMILES string of the molecule is c1ccc2c(c1)Sc1ccccc1C21c2cc(N(c3ccc4ccccc4c3)c3ccc4c(c3)c3ccccc3n4-c3ccc4ccccc4c3)ccc2-c2cccc3cccc1c23. The zero-order chi connectivity index (χ0) is 41.9. The first-order valence-electron chi connectivity index (χ1n) is 22.1. The van der Waals surface area contributed by atoms with Crippen molar-refractivity contribution in [3.8, 4) is 16.8 Å². The molecule has 0 fully saturated rings. The first kappa shape index (κ1) is 35.7. The van der Waals surface area contributed by atoms with E-state index in [4.69, 9.17) is 0 Å². The Labute approximate surface area is 375 Å². The van der Waals surface area contributed by atoms with Crippen LogP contribution >= 0.6 is 11.8 Å². The molecular formula is C61H38N2S. The number of benzene rings is 11. The summed E-state index contributed by atoms with van der Waals surface area (Å²) in [6, 6.07) is 86.2. The van der Waals surface area contributed by atoms with Gasteiger partial charge in [0.15, 0.2) is 0 Å². The van der Waals surface area contributed by atoms with E-state index in [9.17, 15) is 0 Å². The minimum Gasteiger partial charge on any atom is -0.310 e. The van der Waals surface area contributed by atoms with Gasteiger partial charge in [0.05, 0.1) is 16.4 Å². The molecule has 0 saturated carbocycles. The monoisotopic (exact) mass is 830 g/mol. The molecule has 0 bridgehead atoms. The van der Waals surface area contributed by atoms with E-state index in [1.807, 2.05) is 11.8 Å². The molecule has 1 aromatic heterocycles. The number of hydrogen-bond donors (Lipinski definition) is 0. The molecule has 2 nitrogen and oxygen atoms in total. The van der Waals surface area contributed by atoms with E-state index < -0.39 is 5.41 Å². The maximum absolute atomic E-state index is 2.52. The molecular weight excluding hydrogens is 793 g/mol. The molecule has 2 aliphatic rings. The smallest absolute Gasteiger partial charge is 0.0736 e. The Morgan fingerprint density at radius 2 is 0.906 bits per heavy atom. The van der Waals surface area contributed by atoms with E-state index in [2.05, 4.69) is 240 Å². The molecule has 1 spiro atoms. The molecule has 1 aliphatic carbocycles. The Hall–Kier alpha value is -7.85. The quantitative estimate of drug-likeness (QED) is 0.175. The number of nitrogens with zero attached hydrogens (tertiary/aromatic N) is 2. The van der Waals surface area contributed by atoms with Crippen molar-refractivity contribution in [3.63, 3.8) is 0 Å². The summed E-state index contributed by atoms with van der Waals surface area (Å²) in [6.45, 7) is 0. The maximum Gasteiger partial charge on any atom is 0.0736 e. The minimum absolute atomic E-state index is 0.552. The van der Waals surface area contributed by atoms with Crippen molar-refractivity contribution >= 4 is 82.9 Å². The fraction of sp³-hybridized carbons (Fsp3) is 0.0164. The third-order valence-corrected chi connectivity index (χ3v) is 15.1. The molecule has 0 N–H and O–H groups in total. The van der Waals surface area contributed by atoms with Crippen LogP contribution in [0.2, 0.25) is 0 Å². The number of anilines is 3. The molecule has 14 rings (SSSR count). The normalized spacial score (nSPS) is 13.4.